The number of piperidine rings is 1. The number of rotatable bonds is 4. The fraction of sp³-hybridized carbons (Fsp3) is 0.353. The summed E-state index contributed by atoms with van der Waals surface area (Å²) in [5, 5.41) is 5.66. The zero-order valence-corrected chi connectivity index (χ0v) is 13.1. The highest BCUT2D eigenvalue weighted by atomic mass is 16.2. The molecule has 6 heteroatoms. The average Bonchev–Trinajstić information content (AvgIpc) is 2.99. The smallest absolute Gasteiger partial charge is 0.242 e. The van der Waals surface area contributed by atoms with Crippen molar-refractivity contribution in [1.29, 1.82) is 0 Å². The molecule has 1 aromatic carbocycles. The van der Waals surface area contributed by atoms with Crippen molar-refractivity contribution in [2.75, 3.05) is 0 Å². The summed E-state index contributed by atoms with van der Waals surface area (Å²) >= 11 is 0. The van der Waals surface area contributed by atoms with Crippen LogP contribution in [0.3, 0.4) is 0 Å². The van der Waals surface area contributed by atoms with Crippen LogP contribution in [0.2, 0.25) is 0 Å². The molecule has 1 aliphatic rings. The number of aromatic nitrogens is 2. The van der Waals surface area contributed by atoms with E-state index in [1.54, 1.807) is 6.20 Å². The van der Waals surface area contributed by atoms with Crippen LogP contribution >= 0.6 is 0 Å². The van der Waals surface area contributed by atoms with Gasteiger partial charge in [0, 0.05) is 25.4 Å². The van der Waals surface area contributed by atoms with Crippen LogP contribution in [0.15, 0.2) is 36.7 Å². The summed E-state index contributed by atoms with van der Waals surface area (Å²) in [5.41, 5.74) is 2.00. The van der Waals surface area contributed by atoms with Crippen molar-refractivity contribution >= 4 is 11.8 Å². The van der Waals surface area contributed by atoms with Gasteiger partial charge in [-0.15, -0.1) is 0 Å². The number of hydrogen-bond donors (Lipinski definition) is 2. The summed E-state index contributed by atoms with van der Waals surface area (Å²) in [6.45, 7) is 2.35. The Balaban J connectivity index is 1.70. The van der Waals surface area contributed by atoms with Gasteiger partial charge in [0.2, 0.25) is 11.8 Å². The minimum absolute atomic E-state index is 0.0501. The highest BCUT2D eigenvalue weighted by Gasteiger charge is 2.24. The molecule has 0 aliphatic carbocycles. The lowest BCUT2D eigenvalue weighted by molar-refractivity contribution is -0.131. The zero-order chi connectivity index (χ0) is 16.2. The van der Waals surface area contributed by atoms with Crippen LogP contribution in [0.1, 0.15) is 30.7 Å². The monoisotopic (exact) mass is 312 g/mol. The van der Waals surface area contributed by atoms with Crippen LogP contribution in [-0.4, -0.2) is 27.4 Å². The third kappa shape index (κ3) is 3.41. The zero-order valence-electron chi connectivity index (χ0n) is 13.1. The molecule has 0 saturated carbocycles. The van der Waals surface area contributed by atoms with Gasteiger partial charge in [0.05, 0.1) is 5.69 Å². The van der Waals surface area contributed by atoms with Crippen molar-refractivity contribution in [3.63, 3.8) is 0 Å². The van der Waals surface area contributed by atoms with Gasteiger partial charge in [-0.1, -0.05) is 18.2 Å². The molecule has 1 saturated heterocycles. The first-order valence-electron chi connectivity index (χ1n) is 7.80. The summed E-state index contributed by atoms with van der Waals surface area (Å²) in [6.07, 6.45) is 5.61. The number of benzene rings is 1. The quantitative estimate of drug-likeness (QED) is 0.897. The van der Waals surface area contributed by atoms with E-state index in [9.17, 15) is 9.59 Å². The lowest BCUT2D eigenvalue weighted by atomic mass is 10.0. The topological polar surface area (TPSA) is 76.0 Å². The standard InChI is InChI=1S/C17H20N4O2/c1-12-18-9-10-21(12)15-7-3-2-5-13(15)11-19-17(23)14-6-4-8-16(22)20-14/h2-3,5,7,9-10,14H,4,6,8,11H2,1H3,(H,19,23)(H,20,22). The molecule has 2 amide bonds. The predicted octanol–water partition coefficient (Wildman–Crippen LogP) is 1.47. The second-order valence-corrected chi connectivity index (χ2v) is 5.70. The van der Waals surface area contributed by atoms with Gasteiger partial charge in [0.1, 0.15) is 11.9 Å². The Labute approximate surface area is 134 Å². The second kappa shape index (κ2) is 6.64. The number of carbonyl (C=O) groups is 2. The molecule has 1 atom stereocenters. The van der Waals surface area contributed by atoms with Gasteiger partial charge in [0.15, 0.2) is 0 Å². The largest absolute Gasteiger partial charge is 0.350 e. The maximum Gasteiger partial charge on any atom is 0.242 e. The first-order valence-corrected chi connectivity index (χ1v) is 7.80. The fourth-order valence-corrected chi connectivity index (χ4v) is 2.84. The number of nitrogens with zero attached hydrogens (tertiary/aromatic N) is 2. The number of para-hydroxylation sites is 1. The lowest BCUT2D eigenvalue weighted by Crippen LogP contribution is -2.48. The van der Waals surface area contributed by atoms with Gasteiger partial charge in [-0.25, -0.2) is 4.98 Å². The van der Waals surface area contributed by atoms with E-state index in [2.05, 4.69) is 15.6 Å². The van der Waals surface area contributed by atoms with Gasteiger partial charge in [-0.2, -0.15) is 0 Å². The maximum atomic E-state index is 12.2. The molecule has 0 bridgehead atoms. The normalized spacial score (nSPS) is 17.6. The van der Waals surface area contributed by atoms with Crippen LogP contribution in [0.5, 0.6) is 0 Å². The number of aryl methyl sites for hydroxylation is 1. The third-order valence-corrected chi connectivity index (χ3v) is 4.08. The molecule has 1 aliphatic heterocycles. The maximum absolute atomic E-state index is 12.2. The van der Waals surface area contributed by atoms with Crippen molar-refractivity contribution in [3.8, 4) is 5.69 Å². The molecule has 0 spiro atoms. The van der Waals surface area contributed by atoms with E-state index in [0.29, 0.717) is 19.4 Å². The Kier molecular flexibility index (Phi) is 4.41. The highest BCUT2D eigenvalue weighted by Crippen LogP contribution is 2.16. The van der Waals surface area contributed by atoms with E-state index >= 15 is 0 Å². The molecular weight excluding hydrogens is 292 g/mol. The van der Waals surface area contributed by atoms with Gasteiger partial charge in [0.25, 0.3) is 0 Å². The molecule has 1 unspecified atom stereocenters. The van der Waals surface area contributed by atoms with E-state index < -0.39 is 6.04 Å². The van der Waals surface area contributed by atoms with Crippen molar-refractivity contribution in [2.45, 2.75) is 38.8 Å². The van der Waals surface area contributed by atoms with Crippen molar-refractivity contribution in [2.24, 2.45) is 0 Å². The summed E-state index contributed by atoms with van der Waals surface area (Å²) in [6, 6.07) is 7.46. The van der Waals surface area contributed by atoms with Crippen LogP contribution in [0, 0.1) is 6.92 Å². The second-order valence-electron chi connectivity index (χ2n) is 5.70. The van der Waals surface area contributed by atoms with Crippen LogP contribution in [0.4, 0.5) is 0 Å². The number of imidazole rings is 1. The first-order chi connectivity index (χ1) is 11.1. The van der Waals surface area contributed by atoms with E-state index in [4.69, 9.17) is 0 Å². The molecule has 3 rings (SSSR count). The van der Waals surface area contributed by atoms with Gasteiger partial charge < -0.3 is 15.2 Å². The number of hydrogen-bond acceptors (Lipinski definition) is 3. The molecule has 2 aromatic rings. The highest BCUT2D eigenvalue weighted by molar-refractivity contribution is 5.88. The van der Waals surface area contributed by atoms with E-state index in [1.807, 2.05) is 42.0 Å². The van der Waals surface area contributed by atoms with Crippen LogP contribution in [-0.2, 0) is 16.1 Å². The lowest BCUT2D eigenvalue weighted by Gasteiger charge is -2.22. The van der Waals surface area contributed by atoms with Gasteiger partial charge >= 0.3 is 0 Å². The Bertz CT molecular complexity index is 723. The van der Waals surface area contributed by atoms with Crippen molar-refractivity contribution < 1.29 is 9.59 Å². The van der Waals surface area contributed by atoms with Gasteiger partial charge in [-0.05, 0) is 31.4 Å². The van der Waals surface area contributed by atoms with E-state index in [1.165, 1.54) is 0 Å². The molecule has 1 aromatic heterocycles. The minimum Gasteiger partial charge on any atom is -0.350 e. The Morgan fingerprint density at radius 1 is 1.43 bits per heavy atom. The Morgan fingerprint density at radius 2 is 2.26 bits per heavy atom. The molecule has 1 fully saturated rings. The number of carbonyl (C=O) groups excluding carboxylic acids is 2. The average molecular weight is 312 g/mol. The Morgan fingerprint density at radius 3 is 3.00 bits per heavy atom. The third-order valence-electron chi connectivity index (χ3n) is 4.08. The SMILES string of the molecule is Cc1nccn1-c1ccccc1CNC(=O)C1CCCC(=O)N1. The summed E-state index contributed by atoms with van der Waals surface area (Å²) in [7, 11) is 0. The predicted molar refractivity (Wildman–Crippen MR) is 85.9 cm³/mol. The first kappa shape index (κ1) is 15.3. The fourth-order valence-electron chi connectivity index (χ4n) is 2.84. The van der Waals surface area contributed by atoms with Crippen LogP contribution in [0.25, 0.3) is 5.69 Å². The summed E-state index contributed by atoms with van der Waals surface area (Å²) in [4.78, 5) is 27.9. The number of nitrogens with one attached hydrogen (secondary N) is 2. The Hall–Kier alpha value is -2.63. The van der Waals surface area contributed by atoms with Crippen molar-refractivity contribution in [3.05, 3.63) is 48.0 Å². The number of amides is 2. The minimum atomic E-state index is -0.418. The molecule has 2 N–H and O–H groups in total. The molecular formula is C17H20N4O2. The molecule has 0 radical (unpaired) electrons. The summed E-state index contributed by atoms with van der Waals surface area (Å²) in [5.74, 6) is 0.712. The molecule has 2 heterocycles. The molecule has 6 nitrogen and oxygen atoms in total. The molecule has 120 valence electrons. The van der Waals surface area contributed by atoms with Crippen molar-refractivity contribution in [1.82, 2.24) is 20.2 Å². The van der Waals surface area contributed by atoms with E-state index in [0.717, 1.165) is 23.5 Å². The van der Waals surface area contributed by atoms with Gasteiger partial charge in [-0.3, -0.25) is 9.59 Å². The summed E-state index contributed by atoms with van der Waals surface area (Å²) < 4.78 is 1.99. The molecule has 23 heavy (non-hydrogen) atoms. The van der Waals surface area contributed by atoms with Crippen LogP contribution < -0.4 is 10.6 Å². The van der Waals surface area contributed by atoms with E-state index in [-0.39, 0.29) is 11.8 Å².